The molecule has 1 aliphatic rings. The Morgan fingerprint density at radius 2 is 2.15 bits per heavy atom. The molecule has 5 heteroatoms. The minimum Gasteiger partial charge on any atom is -0.480 e. The molecule has 1 aliphatic heterocycles. The van der Waals surface area contributed by atoms with Crippen LogP contribution in [0.5, 0.6) is 0 Å². The standard InChI is InChI=1S/C15H23FN2O2/c1-2-10-18(12-15(19)20)11-14(4-3-7-16)13-5-8-17-9-6-13/h2-3,7,11,13,17H,1,4-6,8-10,12H2,(H,19,20)/b7-3+,14-11+. The maximum absolute atomic E-state index is 12.3. The van der Waals surface area contributed by atoms with Crippen molar-refractivity contribution in [1.29, 1.82) is 0 Å². The molecule has 0 aliphatic carbocycles. The van der Waals surface area contributed by atoms with E-state index in [-0.39, 0.29) is 6.54 Å². The molecule has 0 saturated carbocycles. The van der Waals surface area contributed by atoms with Crippen molar-refractivity contribution in [3.63, 3.8) is 0 Å². The fraction of sp³-hybridized carbons (Fsp3) is 0.533. The normalized spacial score (nSPS) is 17.4. The molecule has 1 saturated heterocycles. The lowest BCUT2D eigenvalue weighted by Crippen LogP contribution is -2.30. The molecule has 0 aromatic heterocycles. The first-order valence-corrected chi connectivity index (χ1v) is 6.90. The SMILES string of the molecule is C=CCN(/C=C(\C/C=C/F)C1CCNCC1)CC(=O)O. The van der Waals surface area contributed by atoms with E-state index < -0.39 is 5.97 Å². The number of rotatable bonds is 8. The summed E-state index contributed by atoms with van der Waals surface area (Å²) in [6.45, 7) is 5.94. The third-order valence-corrected chi connectivity index (χ3v) is 3.36. The van der Waals surface area contributed by atoms with Crippen molar-refractivity contribution < 1.29 is 14.3 Å². The van der Waals surface area contributed by atoms with E-state index in [1.165, 1.54) is 6.08 Å². The average molecular weight is 282 g/mol. The Balaban J connectivity index is 2.82. The molecule has 0 aromatic carbocycles. The molecule has 0 radical (unpaired) electrons. The van der Waals surface area contributed by atoms with Gasteiger partial charge >= 0.3 is 5.97 Å². The van der Waals surface area contributed by atoms with Gasteiger partial charge in [-0.1, -0.05) is 12.2 Å². The summed E-state index contributed by atoms with van der Waals surface area (Å²) >= 11 is 0. The van der Waals surface area contributed by atoms with Crippen molar-refractivity contribution in [2.24, 2.45) is 5.92 Å². The highest BCUT2D eigenvalue weighted by Crippen LogP contribution is 2.25. The molecule has 0 atom stereocenters. The summed E-state index contributed by atoms with van der Waals surface area (Å²) < 4.78 is 12.3. The van der Waals surface area contributed by atoms with Crippen LogP contribution in [0.2, 0.25) is 0 Å². The van der Waals surface area contributed by atoms with Gasteiger partial charge in [0.25, 0.3) is 0 Å². The highest BCUT2D eigenvalue weighted by Gasteiger charge is 2.18. The van der Waals surface area contributed by atoms with E-state index in [0.29, 0.717) is 25.2 Å². The van der Waals surface area contributed by atoms with Crippen molar-refractivity contribution in [3.8, 4) is 0 Å². The second kappa shape index (κ2) is 9.31. The fourth-order valence-electron chi connectivity index (χ4n) is 2.44. The Labute approximate surface area is 119 Å². The van der Waals surface area contributed by atoms with Crippen LogP contribution in [-0.2, 0) is 4.79 Å². The third kappa shape index (κ3) is 6.02. The average Bonchev–Trinajstić information content (AvgIpc) is 2.44. The van der Waals surface area contributed by atoms with Crippen LogP contribution in [0.4, 0.5) is 4.39 Å². The number of hydrogen-bond donors (Lipinski definition) is 2. The third-order valence-electron chi connectivity index (χ3n) is 3.36. The van der Waals surface area contributed by atoms with Gasteiger partial charge in [0, 0.05) is 6.54 Å². The van der Waals surface area contributed by atoms with Crippen LogP contribution < -0.4 is 5.32 Å². The maximum atomic E-state index is 12.3. The minimum atomic E-state index is -0.881. The fourth-order valence-corrected chi connectivity index (χ4v) is 2.44. The number of hydrogen-bond acceptors (Lipinski definition) is 3. The topological polar surface area (TPSA) is 52.6 Å². The molecule has 20 heavy (non-hydrogen) atoms. The molecule has 112 valence electrons. The first kappa shape index (κ1) is 16.4. The van der Waals surface area contributed by atoms with E-state index in [2.05, 4.69) is 11.9 Å². The van der Waals surface area contributed by atoms with Crippen molar-refractivity contribution in [1.82, 2.24) is 10.2 Å². The van der Waals surface area contributed by atoms with Crippen LogP contribution in [0.3, 0.4) is 0 Å². The number of piperidine rings is 1. The van der Waals surface area contributed by atoms with E-state index in [9.17, 15) is 9.18 Å². The zero-order valence-electron chi connectivity index (χ0n) is 11.7. The summed E-state index contributed by atoms with van der Waals surface area (Å²) in [5, 5.41) is 12.2. The summed E-state index contributed by atoms with van der Waals surface area (Å²) in [6, 6.07) is 0. The quantitative estimate of drug-likeness (QED) is 0.671. The molecule has 2 N–H and O–H groups in total. The molecule has 4 nitrogen and oxygen atoms in total. The zero-order valence-corrected chi connectivity index (χ0v) is 11.7. The number of carbonyl (C=O) groups is 1. The van der Waals surface area contributed by atoms with Gasteiger partial charge in [0.05, 0.1) is 6.33 Å². The number of nitrogens with zero attached hydrogens (tertiary/aromatic N) is 1. The Morgan fingerprint density at radius 1 is 1.45 bits per heavy atom. The molecule has 1 fully saturated rings. The van der Waals surface area contributed by atoms with Gasteiger partial charge in [0.1, 0.15) is 6.54 Å². The van der Waals surface area contributed by atoms with Gasteiger partial charge in [-0.05, 0) is 50.0 Å². The van der Waals surface area contributed by atoms with Gasteiger partial charge in [0.15, 0.2) is 0 Å². The summed E-state index contributed by atoms with van der Waals surface area (Å²) in [4.78, 5) is 12.6. The lowest BCUT2D eigenvalue weighted by atomic mass is 9.88. The minimum absolute atomic E-state index is 0.0696. The Bertz CT molecular complexity index is 374. The van der Waals surface area contributed by atoms with Crippen LogP contribution in [0, 0.1) is 5.92 Å². The van der Waals surface area contributed by atoms with Crippen molar-refractivity contribution in [3.05, 3.63) is 36.8 Å². The molecule has 0 unspecified atom stereocenters. The summed E-state index contributed by atoms with van der Waals surface area (Å²) in [5.41, 5.74) is 1.09. The molecule has 0 aromatic rings. The Morgan fingerprint density at radius 3 is 2.70 bits per heavy atom. The van der Waals surface area contributed by atoms with Crippen molar-refractivity contribution >= 4 is 5.97 Å². The lowest BCUT2D eigenvalue weighted by Gasteiger charge is -2.27. The number of carboxylic acids is 1. The van der Waals surface area contributed by atoms with Gasteiger partial charge in [-0.3, -0.25) is 4.79 Å². The largest absolute Gasteiger partial charge is 0.480 e. The second-order valence-corrected chi connectivity index (χ2v) is 4.91. The van der Waals surface area contributed by atoms with E-state index in [1.54, 1.807) is 11.0 Å². The van der Waals surface area contributed by atoms with Crippen LogP contribution in [0.25, 0.3) is 0 Å². The summed E-state index contributed by atoms with van der Waals surface area (Å²) in [7, 11) is 0. The number of allylic oxidation sites excluding steroid dienone is 2. The predicted molar refractivity (Wildman–Crippen MR) is 77.9 cm³/mol. The molecule has 1 heterocycles. The molecule has 1 rings (SSSR count). The highest BCUT2D eigenvalue weighted by molar-refractivity contribution is 5.69. The number of nitrogens with one attached hydrogen (secondary N) is 1. The zero-order chi connectivity index (χ0) is 14.8. The predicted octanol–water partition coefficient (Wildman–Crippen LogP) is 2.32. The molecular formula is C15H23FN2O2. The van der Waals surface area contributed by atoms with Gasteiger partial charge in [-0.2, -0.15) is 0 Å². The summed E-state index contributed by atoms with van der Waals surface area (Å²) in [6.07, 6.45) is 8.08. The molecule has 0 spiro atoms. The van der Waals surface area contributed by atoms with Crippen LogP contribution in [0.1, 0.15) is 19.3 Å². The van der Waals surface area contributed by atoms with Crippen molar-refractivity contribution in [2.45, 2.75) is 19.3 Å². The second-order valence-electron chi connectivity index (χ2n) is 4.91. The van der Waals surface area contributed by atoms with Gasteiger partial charge in [0.2, 0.25) is 0 Å². The van der Waals surface area contributed by atoms with Gasteiger partial charge in [-0.25, -0.2) is 4.39 Å². The maximum Gasteiger partial charge on any atom is 0.323 e. The first-order valence-electron chi connectivity index (χ1n) is 6.90. The number of halogens is 1. The van der Waals surface area contributed by atoms with Crippen LogP contribution in [-0.4, -0.2) is 42.2 Å². The monoisotopic (exact) mass is 282 g/mol. The molecule has 0 amide bonds. The van der Waals surface area contributed by atoms with E-state index in [1.807, 2.05) is 6.20 Å². The van der Waals surface area contributed by atoms with E-state index in [0.717, 1.165) is 31.5 Å². The van der Waals surface area contributed by atoms with Crippen LogP contribution >= 0.6 is 0 Å². The summed E-state index contributed by atoms with van der Waals surface area (Å²) in [5.74, 6) is -0.498. The molecular weight excluding hydrogens is 259 g/mol. The van der Waals surface area contributed by atoms with Crippen molar-refractivity contribution in [2.75, 3.05) is 26.2 Å². The van der Waals surface area contributed by atoms with Gasteiger partial charge < -0.3 is 15.3 Å². The Hall–Kier alpha value is -1.62. The van der Waals surface area contributed by atoms with Gasteiger partial charge in [-0.15, -0.1) is 6.58 Å². The smallest absolute Gasteiger partial charge is 0.323 e. The number of aliphatic carboxylic acids is 1. The van der Waals surface area contributed by atoms with E-state index in [4.69, 9.17) is 5.11 Å². The number of carboxylic acid groups (broad SMARTS) is 1. The Kier molecular flexibility index (Phi) is 7.65. The first-order chi connectivity index (χ1) is 9.67. The van der Waals surface area contributed by atoms with Crippen LogP contribution in [0.15, 0.2) is 36.8 Å². The highest BCUT2D eigenvalue weighted by atomic mass is 19.1. The lowest BCUT2D eigenvalue weighted by molar-refractivity contribution is -0.137. The van der Waals surface area contributed by atoms with E-state index >= 15 is 0 Å². The molecule has 0 bridgehead atoms.